The maximum Gasteiger partial charge on any atom is 0.325 e. The van der Waals surface area contributed by atoms with Crippen LogP contribution >= 0.6 is 0 Å². The molecule has 2 aromatic heterocycles. The van der Waals surface area contributed by atoms with E-state index in [0.717, 1.165) is 23.5 Å². The zero-order chi connectivity index (χ0) is 40.0. The Morgan fingerprint density at radius 1 is 0.600 bits per heavy atom. The Balaban J connectivity index is 0.000000211. The molecule has 0 aliphatic carbocycles. The molecule has 55 heavy (non-hydrogen) atoms. The maximum atomic E-state index is 13.5. The summed E-state index contributed by atoms with van der Waals surface area (Å²) < 4.78 is 64.1. The number of piperazine rings is 2. The summed E-state index contributed by atoms with van der Waals surface area (Å²) in [5.74, 6) is -1.32. The third kappa shape index (κ3) is 9.79. The summed E-state index contributed by atoms with van der Waals surface area (Å²) in [5, 5.41) is 2.72. The summed E-state index contributed by atoms with van der Waals surface area (Å²) in [6.45, 7) is 10.8. The van der Waals surface area contributed by atoms with E-state index in [9.17, 15) is 27.2 Å². The van der Waals surface area contributed by atoms with E-state index in [4.69, 9.17) is 9.47 Å². The van der Waals surface area contributed by atoms with Gasteiger partial charge in [0.1, 0.15) is 23.3 Å². The molecule has 2 aliphatic rings. The molecule has 0 saturated carbocycles. The summed E-state index contributed by atoms with van der Waals surface area (Å²) in [6.07, 6.45) is 0. The number of hydrogen-bond acceptors (Lipinski definition) is 10. The molecule has 0 bridgehead atoms. The molecule has 294 valence electrons. The highest BCUT2D eigenvalue weighted by Crippen LogP contribution is 2.27. The molecule has 2 aliphatic heterocycles. The minimum absolute atomic E-state index is 0.235. The van der Waals surface area contributed by atoms with Crippen LogP contribution < -0.4 is 29.5 Å². The van der Waals surface area contributed by atoms with Crippen molar-refractivity contribution in [1.82, 2.24) is 29.7 Å². The predicted molar refractivity (Wildman–Crippen MR) is 199 cm³/mol. The van der Waals surface area contributed by atoms with Crippen LogP contribution in [-0.4, -0.2) is 115 Å². The van der Waals surface area contributed by atoms with Gasteiger partial charge in [-0.25, -0.2) is 47.1 Å². The molecule has 2 aromatic carbocycles. The second-order valence-electron chi connectivity index (χ2n) is 13.0. The average molecular weight is 769 g/mol. The van der Waals surface area contributed by atoms with Crippen molar-refractivity contribution in [3.8, 4) is 11.8 Å². The Hall–Kier alpha value is -5.94. The summed E-state index contributed by atoms with van der Waals surface area (Å²) >= 11 is 0. The van der Waals surface area contributed by atoms with Crippen molar-refractivity contribution >= 4 is 35.1 Å². The monoisotopic (exact) mass is 768 g/mol. The normalized spacial score (nSPS) is 14.2. The van der Waals surface area contributed by atoms with E-state index < -0.39 is 23.3 Å². The van der Waals surface area contributed by atoms with Crippen molar-refractivity contribution in [2.45, 2.75) is 27.7 Å². The minimum atomic E-state index is -0.620. The number of rotatable bonds is 6. The van der Waals surface area contributed by atoms with Gasteiger partial charge < -0.3 is 29.1 Å². The highest BCUT2D eigenvalue weighted by atomic mass is 19.1. The first kappa shape index (κ1) is 40.2. The average Bonchev–Trinajstić information content (AvgIpc) is 3.16. The predicted octanol–water partition coefficient (Wildman–Crippen LogP) is 5.49. The number of amides is 4. The van der Waals surface area contributed by atoms with E-state index in [-0.39, 0.29) is 29.6 Å². The van der Waals surface area contributed by atoms with E-state index in [1.807, 2.05) is 30.6 Å². The number of aromatic nitrogens is 4. The molecule has 2 fully saturated rings. The number of carbonyl (C=O) groups is 2. The number of hydrogen-bond donors (Lipinski definition) is 1. The third-order valence-corrected chi connectivity index (χ3v) is 9.29. The fourth-order valence-electron chi connectivity index (χ4n) is 5.98. The van der Waals surface area contributed by atoms with Crippen LogP contribution in [0.15, 0.2) is 36.4 Å². The first-order valence-electron chi connectivity index (χ1n) is 17.5. The lowest BCUT2D eigenvalue weighted by Gasteiger charge is -2.37. The number of aryl methyl sites for hydroxylation is 4. The van der Waals surface area contributed by atoms with Gasteiger partial charge in [-0.05, 0) is 52.0 Å². The number of methoxy groups -OCH3 is 2. The zero-order valence-electron chi connectivity index (χ0n) is 31.8. The van der Waals surface area contributed by atoms with Gasteiger partial charge in [0, 0.05) is 82.9 Å². The Morgan fingerprint density at radius 3 is 1.45 bits per heavy atom. The van der Waals surface area contributed by atoms with E-state index >= 15 is 0 Å². The van der Waals surface area contributed by atoms with Gasteiger partial charge in [0.15, 0.2) is 11.6 Å². The van der Waals surface area contributed by atoms with Crippen LogP contribution in [-0.2, 0) is 0 Å². The first-order chi connectivity index (χ1) is 26.2. The maximum absolute atomic E-state index is 13.5. The van der Waals surface area contributed by atoms with Crippen LogP contribution in [0.4, 0.5) is 50.2 Å². The summed E-state index contributed by atoms with van der Waals surface area (Å²) in [5.41, 5.74) is 3.81. The first-order valence-corrected chi connectivity index (χ1v) is 17.5. The van der Waals surface area contributed by atoms with Gasteiger partial charge in [-0.3, -0.25) is 10.2 Å². The number of benzene rings is 2. The molecule has 0 unspecified atom stereocenters. The molecule has 4 aromatic rings. The van der Waals surface area contributed by atoms with Gasteiger partial charge in [0.05, 0.1) is 37.0 Å². The van der Waals surface area contributed by atoms with Gasteiger partial charge >= 0.3 is 12.1 Å². The van der Waals surface area contributed by atoms with Gasteiger partial charge in [0.2, 0.25) is 0 Å². The standard InChI is InChI=1S/C19H23F2N5O2.C18H21F2N5O2/c1-12-13(2)23-18(28-4)17(22-12)24(3)19(27)26-7-5-25(6-8-26)16-10-14(20)9-15(21)11-16;1-11-12(2)22-17(27-3)16(21-11)23-18(26)25-6-4-24(5-7-25)15-9-13(19)8-14(20)10-15/h9-11H,5-8H2,1-4H3;8-10H,4-7H2,1-3H3,(H,21,23,26). The molecule has 4 amide bonds. The van der Waals surface area contributed by atoms with Gasteiger partial charge in [-0.2, -0.15) is 0 Å². The molecule has 6 rings (SSSR count). The quantitative estimate of drug-likeness (QED) is 0.251. The van der Waals surface area contributed by atoms with Crippen LogP contribution in [0.1, 0.15) is 22.8 Å². The Kier molecular flexibility index (Phi) is 12.8. The van der Waals surface area contributed by atoms with Crippen LogP contribution in [0.3, 0.4) is 0 Å². The fourth-order valence-corrected chi connectivity index (χ4v) is 5.98. The summed E-state index contributed by atoms with van der Waals surface area (Å²) in [7, 11) is 4.57. The van der Waals surface area contributed by atoms with Crippen molar-refractivity contribution in [1.29, 1.82) is 0 Å². The van der Waals surface area contributed by atoms with Gasteiger partial charge in [0.25, 0.3) is 11.8 Å². The number of ether oxygens (including phenoxy) is 2. The van der Waals surface area contributed by atoms with Gasteiger partial charge in [-0.15, -0.1) is 0 Å². The highest BCUT2D eigenvalue weighted by molar-refractivity contribution is 5.92. The highest BCUT2D eigenvalue weighted by Gasteiger charge is 2.28. The van der Waals surface area contributed by atoms with E-state index in [1.54, 1.807) is 23.8 Å². The Bertz CT molecular complexity index is 1980. The molecular formula is C37H44F4N10O4. The van der Waals surface area contributed by atoms with Crippen LogP contribution in [0.5, 0.6) is 11.8 Å². The number of halogens is 4. The second-order valence-corrected chi connectivity index (χ2v) is 13.0. The van der Waals surface area contributed by atoms with Crippen molar-refractivity contribution in [2.75, 3.05) is 93.6 Å². The van der Waals surface area contributed by atoms with E-state index in [1.165, 1.54) is 43.4 Å². The molecule has 18 heteroatoms. The summed E-state index contributed by atoms with van der Waals surface area (Å²) in [6, 6.07) is 6.28. The number of urea groups is 2. The van der Waals surface area contributed by atoms with Crippen molar-refractivity contribution in [2.24, 2.45) is 0 Å². The number of nitrogens with one attached hydrogen (secondary N) is 1. The lowest BCUT2D eigenvalue weighted by molar-refractivity contribution is 0.202. The Morgan fingerprint density at radius 2 is 1.00 bits per heavy atom. The molecule has 0 spiro atoms. The molecule has 2 saturated heterocycles. The van der Waals surface area contributed by atoms with Crippen LogP contribution in [0.25, 0.3) is 0 Å². The van der Waals surface area contributed by atoms with Crippen LogP contribution in [0, 0.1) is 51.0 Å². The van der Waals surface area contributed by atoms with E-state index in [0.29, 0.717) is 80.9 Å². The van der Waals surface area contributed by atoms with Crippen molar-refractivity contribution in [3.05, 3.63) is 82.4 Å². The topological polar surface area (TPSA) is 132 Å². The third-order valence-electron chi connectivity index (χ3n) is 9.29. The smallest absolute Gasteiger partial charge is 0.325 e. The van der Waals surface area contributed by atoms with Crippen molar-refractivity contribution in [3.63, 3.8) is 0 Å². The zero-order valence-corrected chi connectivity index (χ0v) is 31.8. The molecular weight excluding hydrogens is 724 g/mol. The largest absolute Gasteiger partial charge is 0.478 e. The SMILES string of the molecule is COc1nc(C)c(C)nc1N(C)C(=O)N1CCN(c2cc(F)cc(F)c2)CC1.COc1nc(C)c(C)nc1NC(=O)N1CCN(c2cc(F)cc(F)c2)CC1. The fraction of sp³-hybridized carbons (Fsp3) is 0.405. The molecule has 14 nitrogen and oxygen atoms in total. The van der Waals surface area contributed by atoms with Crippen molar-refractivity contribution < 1.29 is 36.6 Å². The lowest BCUT2D eigenvalue weighted by atomic mass is 10.2. The summed E-state index contributed by atoms with van der Waals surface area (Å²) in [4.78, 5) is 51.2. The number of anilines is 4. The molecule has 0 atom stereocenters. The Labute approximate surface area is 316 Å². The van der Waals surface area contributed by atoms with E-state index in [2.05, 4.69) is 25.3 Å². The lowest BCUT2D eigenvalue weighted by Crippen LogP contribution is -2.52. The molecule has 1 N–H and O–H groups in total. The van der Waals surface area contributed by atoms with Crippen LogP contribution in [0.2, 0.25) is 0 Å². The second kappa shape index (κ2) is 17.5. The number of carbonyl (C=O) groups excluding carboxylic acids is 2. The minimum Gasteiger partial charge on any atom is -0.478 e. The number of nitrogens with zero attached hydrogens (tertiary/aromatic N) is 9. The molecule has 0 radical (unpaired) electrons. The van der Waals surface area contributed by atoms with Gasteiger partial charge in [-0.1, -0.05) is 0 Å². The molecule has 4 heterocycles.